The van der Waals surface area contributed by atoms with Gasteiger partial charge in [-0.05, 0) is 324 Å². The lowest BCUT2D eigenvalue weighted by molar-refractivity contribution is 0.411. The van der Waals surface area contributed by atoms with Gasteiger partial charge in [-0.25, -0.2) is 0 Å². The van der Waals surface area contributed by atoms with Crippen LogP contribution < -0.4 is 26.2 Å². The number of fused-ring (bicyclic) bond motifs is 10. The quantitative estimate of drug-likeness (QED) is 0.0951. The summed E-state index contributed by atoms with van der Waals surface area (Å²) >= 11 is 0. The molecule has 2 aliphatic heterocycles. The Morgan fingerprint density at radius 1 is 0.231 bits per heavy atom. The van der Waals surface area contributed by atoms with Crippen LogP contribution in [0, 0.1) is 37.9 Å². The molecule has 2 aromatic heterocycles. The van der Waals surface area contributed by atoms with Crippen molar-refractivity contribution in [1.82, 2.24) is 9.13 Å². The predicted octanol–water partition coefficient (Wildman–Crippen LogP) is 34.9. The number of aromatic nitrogens is 2. The van der Waals surface area contributed by atoms with E-state index in [1.54, 1.807) is 0 Å². The smallest absolute Gasteiger partial charge is 0.252 e. The van der Waals surface area contributed by atoms with Crippen molar-refractivity contribution in [2.45, 2.75) is 295 Å². The molecular formula is C129H153BN4. The molecule has 0 unspecified atom stereocenters. The monoisotopic (exact) mass is 1780 g/mol. The lowest BCUT2D eigenvalue weighted by Gasteiger charge is -2.46. The van der Waals surface area contributed by atoms with Gasteiger partial charge in [0, 0.05) is 77.8 Å². The largest absolute Gasteiger partial charge is 0.311 e. The van der Waals surface area contributed by atoms with E-state index in [0.29, 0.717) is 28.7 Å². The molecule has 13 aromatic carbocycles. The highest BCUT2D eigenvalue weighted by Gasteiger charge is 2.46. The third-order valence-electron chi connectivity index (χ3n) is 26.5. The van der Waals surface area contributed by atoms with Crippen LogP contribution in [0.3, 0.4) is 0 Å². The van der Waals surface area contributed by atoms with Gasteiger partial charge in [0.05, 0.1) is 33.4 Å². The molecule has 0 saturated carbocycles. The SMILES string of the molecule is [2H]C([2H])(c1ccc2c(c1)c1cc(C([2H])([2H])C(C)(C)C)ccc1n2-c1ccc2c(c1)N(c1cc(-c3cccc(C(C)(C)C)c3)c(CC(C)(C)C)cc1-c1cccc(C(C)(C)C)c1)c1cc(CC(C)(C)C)cc3c1B2c1ccc(-n2c4ccc(C([2H])([2H])C(C)(C)C)cc4c4cc(C([2H])([2H])C(C)(C)C)ccc42)cc1N3c1cc(-c2cccc(C(C)(C)C)c2)c(CC(C)(C)C)cc1-c1cccc(C(C)(C)C)c1)C(C)(C)C. The summed E-state index contributed by atoms with van der Waals surface area (Å²) < 4.78 is 84.2. The summed E-state index contributed by atoms with van der Waals surface area (Å²) in [5, 5.41) is 3.33. The molecule has 2 aliphatic rings. The second-order valence-electron chi connectivity index (χ2n) is 51.3. The molecule has 17 rings (SSSR count). The van der Waals surface area contributed by atoms with E-state index < -0.39 is 53.9 Å². The first-order chi connectivity index (χ1) is 65.3. The number of benzene rings is 13. The Labute approximate surface area is 818 Å². The van der Waals surface area contributed by atoms with Crippen molar-refractivity contribution < 1.29 is 11.0 Å². The normalized spacial score (nSPS) is 15.2. The van der Waals surface area contributed by atoms with E-state index in [2.05, 4.69) is 358 Å². The first-order valence-corrected chi connectivity index (χ1v) is 49.3. The fourth-order valence-corrected chi connectivity index (χ4v) is 20.9. The van der Waals surface area contributed by atoms with E-state index in [9.17, 15) is 11.0 Å². The van der Waals surface area contributed by atoms with Crippen LogP contribution in [-0.4, -0.2) is 15.8 Å². The van der Waals surface area contributed by atoms with E-state index in [4.69, 9.17) is 0 Å². The molecule has 0 amide bonds. The van der Waals surface area contributed by atoms with Gasteiger partial charge in [-0.3, -0.25) is 0 Å². The Bertz CT molecular complexity index is 6930. The Hall–Kier alpha value is -10.9. The standard InChI is InChI=1S/C129H153BN4/c1-119(2,3)74-81-46-54-108-102(58-81)103-59-82(75-120(4,5)6)47-55-109(103)131(108)96-50-52-106-114(70-96)133(112-72-98(86-38-34-42-92(64-86)126(22,23)24)90(79-124(16,17)18)68-100(112)88-40-36-44-94(66-88)128(28,29)30)116-62-85(78-123(13,14)15)63-117-118(116)130(106)107-53-51-97(132-110-56-48-83(76-121(7,8)9)60-104(110)105-61-84(49-57-111(105)132)77-122(10,11)12)71-115(107)134(117)113-73-99(87-39-35-43-93(65-87)127(25,26)27)91(80-125(19,20)21)69-101(113)89-41-37-45-95(67-89)129(31,32)33/h34-73H,74-80H2,1-33H3/i74D2,75D2,76D2,77D2. The highest BCUT2D eigenvalue weighted by atomic mass is 15.2. The minimum absolute atomic E-state index is 0.150. The molecule has 0 radical (unpaired) electrons. The van der Waals surface area contributed by atoms with Crippen molar-refractivity contribution in [1.29, 1.82) is 0 Å². The lowest BCUT2D eigenvalue weighted by atomic mass is 9.33. The maximum Gasteiger partial charge on any atom is 0.252 e. The van der Waals surface area contributed by atoms with Gasteiger partial charge in [-0.1, -0.05) is 362 Å². The zero-order chi connectivity index (χ0) is 104. The minimum Gasteiger partial charge on any atom is -0.311 e. The molecule has 134 heavy (non-hydrogen) atoms. The van der Waals surface area contributed by atoms with Crippen LogP contribution in [0.4, 0.5) is 34.1 Å². The van der Waals surface area contributed by atoms with Gasteiger partial charge in [0.15, 0.2) is 0 Å². The van der Waals surface area contributed by atoms with Crippen LogP contribution in [0.2, 0.25) is 0 Å². The van der Waals surface area contributed by atoms with Crippen LogP contribution >= 0.6 is 0 Å². The molecule has 5 heteroatoms. The van der Waals surface area contributed by atoms with Crippen molar-refractivity contribution in [2.75, 3.05) is 9.80 Å². The molecular weight excluding hydrogens is 1620 g/mol. The summed E-state index contributed by atoms with van der Waals surface area (Å²) in [5.41, 5.74) is 29.9. The number of anilines is 6. The van der Waals surface area contributed by atoms with Crippen molar-refractivity contribution >= 4 is 101 Å². The number of hydrogen-bond acceptors (Lipinski definition) is 2. The predicted molar refractivity (Wildman–Crippen MR) is 588 cm³/mol. The molecule has 0 N–H and O–H groups in total. The summed E-state index contributed by atoms with van der Waals surface area (Å²) in [5.74, 6) is 0. The maximum atomic E-state index is 9.93. The zero-order valence-corrected chi connectivity index (χ0v) is 87.1. The third kappa shape index (κ3) is 19.7. The molecule has 692 valence electrons. The number of rotatable bonds is 15. The fourth-order valence-electron chi connectivity index (χ4n) is 20.9. The van der Waals surface area contributed by atoms with Crippen molar-refractivity contribution in [2.24, 2.45) is 37.9 Å². The molecule has 0 atom stereocenters. The van der Waals surface area contributed by atoms with Gasteiger partial charge in [-0.2, -0.15) is 0 Å². The molecule has 4 nitrogen and oxygen atoms in total. The van der Waals surface area contributed by atoms with Crippen LogP contribution in [0.5, 0.6) is 0 Å². The molecule has 0 aliphatic carbocycles. The van der Waals surface area contributed by atoms with Gasteiger partial charge in [0.25, 0.3) is 6.71 Å². The number of nitrogens with zero attached hydrogens (tertiary/aromatic N) is 4. The van der Waals surface area contributed by atoms with E-state index in [1.807, 2.05) is 132 Å². The van der Waals surface area contributed by atoms with Gasteiger partial charge in [0.1, 0.15) is 0 Å². The maximum absolute atomic E-state index is 9.93. The van der Waals surface area contributed by atoms with Gasteiger partial charge in [0.2, 0.25) is 0 Å². The highest BCUT2D eigenvalue weighted by molar-refractivity contribution is 7.00. The van der Waals surface area contributed by atoms with E-state index in [0.717, 1.165) is 168 Å². The van der Waals surface area contributed by atoms with E-state index in [-0.39, 0.29) is 37.9 Å². The fraction of sp³-hybridized carbons (Fsp3) is 0.395. The summed E-state index contributed by atoms with van der Waals surface area (Å²) in [6.45, 7) is 72.2. The average Bonchev–Trinajstić information content (AvgIpc) is 0.945. The highest BCUT2D eigenvalue weighted by Crippen LogP contribution is 2.55. The summed E-state index contributed by atoms with van der Waals surface area (Å²) in [6, 6.07) is 91.6. The third-order valence-corrected chi connectivity index (χ3v) is 26.5. The van der Waals surface area contributed by atoms with Gasteiger partial charge in [-0.15, -0.1) is 0 Å². The van der Waals surface area contributed by atoms with Gasteiger partial charge >= 0.3 is 0 Å². The second kappa shape index (κ2) is 33.5. The topological polar surface area (TPSA) is 16.3 Å². The van der Waals surface area contributed by atoms with Crippen LogP contribution in [-0.2, 0) is 66.4 Å². The lowest BCUT2D eigenvalue weighted by Crippen LogP contribution is -2.61. The van der Waals surface area contributed by atoms with E-state index >= 15 is 0 Å². The molecule has 0 saturated heterocycles. The second-order valence-corrected chi connectivity index (χ2v) is 51.3. The summed E-state index contributed by atoms with van der Waals surface area (Å²) in [7, 11) is 0. The molecule has 0 fully saturated rings. The van der Waals surface area contributed by atoms with Gasteiger partial charge < -0.3 is 18.9 Å². The molecule has 0 spiro atoms. The first-order valence-electron chi connectivity index (χ1n) is 53.3. The van der Waals surface area contributed by atoms with Crippen LogP contribution in [0.15, 0.2) is 243 Å². The summed E-state index contributed by atoms with van der Waals surface area (Å²) in [6.07, 6.45) is -4.77. The van der Waals surface area contributed by atoms with Crippen LogP contribution in [0.25, 0.3) is 99.5 Å². The van der Waals surface area contributed by atoms with Crippen molar-refractivity contribution in [3.8, 4) is 55.9 Å². The van der Waals surface area contributed by atoms with Crippen LogP contribution in [0.1, 0.15) is 301 Å². The Kier molecular flexibility index (Phi) is 21.2. The number of hydrogen-bond donors (Lipinski definition) is 0. The Balaban J connectivity index is 1.10. The minimum atomic E-state index is -1.76. The van der Waals surface area contributed by atoms with E-state index in [1.165, 1.54) is 33.4 Å². The zero-order valence-electron chi connectivity index (χ0n) is 95.1. The summed E-state index contributed by atoms with van der Waals surface area (Å²) in [4.78, 5) is 5.37. The average molecular weight is 1780 g/mol. The molecule has 15 aromatic rings. The first kappa shape index (κ1) is 84.8. The molecule has 0 bridgehead atoms. The van der Waals surface area contributed by atoms with Crippen molar-refractivity contribution in [3.63, 3.8) is 0 Å². The Morgan fingerprint density at radius 3 is 0.769 bits per heavy atom. The Morgan fingerprint density at radius 2 is 0.507 bits per heavy atom. The van der Waals surface area contributed by atoms with Crippen molar-refractivity contribution in [3.05, 3.63) is 304 Å². The molecule has 4 heterocycles.